The van der Waals surface area contributed by atoms with Crippen molar-refractivity contribution in [3.05, 3.63) is 24.4 Å². The van der Waals surface area contributed by atoms with Crippen molar-refractivity contribution in [2.24, 2.45) is 0 Å². The molecule has 2 aliphatic rings. The Morgan fingerprint density at radius 3 is 2.46 bits per heavy atom. The standard InChI is InChI=1S/C17H25N3O3S/c1-19(15-9-6-12-24(22,23)13-15)17(21)20(14-7-2-3-8-14)16-10-4-5-11-18-16/h4-5,10-11,14-15H,2-3,6-9,12-13H2,1H3. The van der Waals surface area contributed by atoms with Gasteiger partial charge in [-0.3, -0.25) is 4.90 Å². The minimum Gasteiger partial charge on any atom is -0.323 e. The van der Waals surface area contributed by atoms with Crippen LogP contribution in [-0.2, 0) is 9.84 Å². The molecule has 1 atom stereocenters. The summed E-state index contributed by atoms with van der Waals surface area (Å²) in [5.74, 6) is 0.952. The average molecular weight is 351 g/mol. The Morgan fingerprint density at radius 2 is 1.83 bits per heavy atom. The molecule has 0 bridgehead atoms. The van der Waals surface area contributed by atoms with Crippen molar-refractivity contribution in [1.29, 1.82) is 0 Å². The number of carbonyl (C=O) groups excluding carboxylic acids is 1. The second kappa shape index (κ2) is 7.09. The zero-order valence-electron chi connectivity index (χ0n) is 14.1. The first-order valence-electron chi connectivity index (χ1n) is 8.65. The fourth-order valence-electron chi connectivity index (χ4n) is 3.73. The summed E-state index contributed by atoms with van der Waals surface area (Å²) in [6.07, 6.45) is 7.22. The third-order valence-corrected chi connectivity index (χ3v) is 6.88. The first kappa shape index (κ1) is 17.2. The molecular weight excluding hydrogens is 326 g/mol. The summed E-state index contributed by atoms with van der Waals surface area (Å²) in [6, 6.07) is 5.32. The summed E-state index contributed by atoms with van der Waals surface area (Å²) in [6.45, 7) is 0. The van der Waals surface area contributed by atoms with E-state index in [1.54, 1.807) is 23.0 Å². The zero-order valence-corrected chi connectivity index (χ0v) is 14.9. The van der Waals surface area contributed by atoms with Crippen molar-refractivity contribution >= 4 is 21.7 Å². The average Bonchev–Trinajstić information content (AvgIpc) is 3.08. The Balaban J connectivity index is 1.82. The van der Waals surface area contributed by atoms with Gasteiger partial charge in [0.05, 0.1) is 11.5 Å². The molecule has 1 saturated heterocycles. The van der Waals surface area contributed by atoms with Gasteiger partial charge in [0, 0.05) is 25.3 Å². The van der Waals surface area contributed by atoms with E-state index in [0.717, 1.165) is 32.1 Å². The molecule has 1 aliphatic heterocycles. The summed E-state index contributed by atoms with van der Waals surface area (Å²) in [7, 11) is -1.33. The van der Waals surface area contributed by atoms with E-state index in [4.69, 9.17) is 0 Å². The lowest BCUT2D eigenvalue weighted by molar-refractivity contribution is 0.194. The number of hydrogen-bond acceptors (Lipinski definition) is 4. The Kier molecular flexibility index (Phi) is 5.08. The number of anilines is 1. The molecule has 3 rings (SSSR count). The van der Waals surface area contributed by atoms with E-state index < -0.39 is 9.84 Å². The number of urea groups is 1. The second-order valence-corrected chi connectivity index (χ2v) is 9.03. The summed E-state index contributed by atoms with van der Waals surface area (Å²) in [5.41, 5.74) is 0. The number of rotatable bonds is 3. The normalized spacial score (nSPS) is 23.8. The predicted molar refractivity (Wildman–Crippen MR) is 93.8 cm³/mol. The number of amides is 2. The van der Waals surface area contributed by atoms with Gasteiger partial charge in [-0.05, 0) is 37.8 Å². The zero-order chi connectivity index (χ0) is 17.2. The van der Waals surface area contributed by atoms with Gasteiger partial charge in [0.15, 0.2) is 9.84 Å². The van der Waals surface area contributed by atoms with Gasteiger partial charge >= 0.3 is 6.03 Å². The number of nitrogens with zero attached hydrogens (tertiary/aromatic N) is 3. The molecule has 7 heteroatoms. The van der Waals surface area contributed by atoms with Crippen LogP contribution in [0.25, 0.3) is 0 Å². The third kappa shape index (κ3) is 3.71. The van der Waals surface area contributed by atoms with Crippen LogP contribution in [-0.4, -0.2) is 55.0 Å². The van der Waals surface area contributed by atoms with E-state index in [9.17, 15) is 13.2 Å². The second-order valence-electron chi connectivity index (χ2n) is 6.80. The van der Waals surface area contributed by atoms with Crippen LogP contribution in [0.2, 0.25) is 0 Å². The maximum atomic E-state index is 13.2. The lowest BCUT2D eigenvalue weighted by Gasteiger charge is -2.37. The minimum absolute atomic E-state index is 0.0654. The molecule has 0 aromatic carbocycles. The smallest absolute Gasteiger partial charge is 0.323 e. The fraction of sp³-hybridized carbons (Fsp3) is 0.647. The quantitative estimate of drug-likeness (QED) is 0.839. The molecule has 0 radical (unpaired) electrons. The lowest BCUT2D eigenvalue weighted by Crippen LogP contribution is -2.52. The number of pyridine rings is 1. The number of hydrogen-bond donors (Lipinski definition) is 0. The van der Waals surface area contributed by atoms with Gasteiger partial charge < -0.3 is 4.90 Å². The number of carbonyl (C=O) groups is 1. The molecule has 1 saturated carbocycles. The van der Waals surface area contributed by atoms with Crippen molar-refractivity contribution in [1.82, 2.24) is 9.88 Å². The van der Waals surface area contributed by atoms with Crippen molar-refractivity contribution in [3.63, 3.8) is 0 Å². The molecule has 0 N–H and O–H groups in total. The lowest BCUT2D eigenvalue weighted by atomic mass is 10.1. The summed E-state index contributed by atoms with van der Waals surface area (Å²) in [4.78, 5) is 20.9. The highest BCUT2D eigenvalue weighted by atomic mass is 32.2. The van der Waals surface area contributed by atoms with Gasteiger partial charge in [-0.2, -0.15) is 0 Å². The summed E-state index contributed by atoms with van der Waals surface area (Å²) in [5, 5.41) is 0. The third-order valence-electron chi connectivity index (χ3n) is 5.08. The van der Waals surface area contributed by atoms with Crippen LogP contribution in [0.4, 0.5) is 10.6 Å². The number of sulfone groups is 1. The van der Waals surface area contributed by atoms with Crippen molar-refractivity contribution in [3.8, 4) is 0 Å². The maximum Gasteiger partial charge on any atom is 0.325 e. The van der Waals surface area contributed by atoms with Gasteiger partial charge in [0.2, 0.25) is 0 Å². The van der Waals surface area contributed by atoms with Gasteiger partial charge in [-0.1, -0.05) is 18.9 Å². The van der Waals surface area contributed by atoms with Crippen LogP contribution in [0, 0.1) is 0 Å². The van der Waals surface area contributed by atoms with Crippen LogP contribution in [0.3, 0.4) is 0 Å². The SMILES string of the molecule is CN(C(=O)N(c1ccccn1)C1CCCC1)C1CCCS(=O)(=O)C1. The van der Waals surface area contributed by atoms with Gasteiger partial charge in [0.25, 0.3) is 0 Å². The van der Waals surface area contributed by atoms with Crippen LogP contribution < -0.4 is 4.90 Å². The van der Waals surface area contributed by atoms with Crippen LogP contribution in [0.1, 0.15) is 38.5 Å². The predicted octanol–water partition coefficient (Wildman–Crippen LogP) is 2.46. The minimum atomic E-state index is -3.05. The molecular formula is C17H25N3O3S. The first-order valence-corrected chi connectivity index (χ1v) is 10.5. The Hall–Kier alpha value is -1.63. The molecule has 2 heterocycles. The molecule has 0 spiro atoms. The molecule has 1 aliphatic carbocycles. The summed E-state index contributed by atoms with van der Waals surface area (Å²) >= 11 is 0. The Labute approximate surface area is 143 Å². The Bertz CT molecular complexity index is 672. The fourth-order valence-corrected chi connectivity index (χ4v) is 5.48. The van der Waals surface area contributed by atoms with Crippen LogP contribution >= 0.6 is 0 Å². The number of aromatic nitrogens is 1. The topological polar surface area (TPSA) is 70.6 Å². The van der Waals surface area contributed by atoms with E-state index >= 15 is 0 Å². The van der Waals surface area contributed by atoms with Crippen LogP contribution in [0.15, 0.2) is 24.4 Å². The molecule has 1 aromatic heterocycles. The van der Waals surface area contributed by atoms with Crippen LogP contribution in [0.5, 0.6) is 0 Å². The highest BCUT2D eigenvalue weighted by Crippen LogP contribution is 2.29. The molecule has 24 heavy (non-hydrogen) atoms. The monoisotopic (exact) mass is 351 g/mol. The highest BCUT2D eigenvalue weighted by molar-refractivity contribution is 7.91. The van der Waals surface area contributed by atoms with Gasteiger partial charge in [-0.25, -0.2) is 18.2 Å². The van der Waals surface area contributed by atoms with E-state index in [0.29, 0.717) is 12.2 Å². The van der Waals surface area contributed by atoms with Gasteiger partial charge in [0.1, 0.15) is 5.82 Å². The Morgan fingerprint density at radius 1 is 1.12 bits per heavy atom. The molecule has 2 fully saturated rings. The molecule has 1 unspecified atom stereocenters. The van der Waals surface area contributed by atoms with Crippen molar-refractivity contribution in [2.75, 3.05) is 23.5 Å². The van der Waals surface area contributed by atoms with Crippen molar-refractivity contribution in [2.45, 2.75) is 50.6 Å². The van der Waals surface area contributed by atoms with Gasteiger partial charge in [-0.15, -0.1) is 0 Å². The molecule has 2 amide bonds. The van der Waals surface area contributed by atoms with E-state index in [1.807, 2.05) is 18.2 Å². The molecule has 6 nitrogen and oxygen atoms in total. The first-order chi connectivity index (χ1) is 11.5. The largest absolute Gasteiger partial charge is 0.325 e. The van der Waals surface area contributed by atoms with E-state index in [2.05, 4.69) is 4.98 Å². The van der Waals surface area contributed by atoms with Crippen molar-refractivity contribution < 1.29 is 13.2 Å². The highest BCUT2D eigenvalue weighted by Gasteiger charge is 2.35. The molecule has 132 valence electrons. The van der Waals surface area contributed by atoms with E-state index in [-0.39, 0.29) is 29.6 Å². The summed E-state index contributed by atoms with van der Waals surface area (Å²) < 4.78 is 23.8. The maximum absolute atomic E-state index is 13.2. The molecule has 1 aromatic rings. The van der Waals surface area contributed by atoms with E-state index in [1.165, 1.54) is 0 Å².